The number of para-hydroxylation sites is 1. The van der Waals surface area contributed by atoms with Crippen LogP contribution in [0.4, 0.5) is 28.8 Å². The van der Waals surface area contributed by atoms with Crippen molar-refractivity contribution in [3.05, 3.63) is 71.1 Å². The maximum absolute atomic E-state index is 13.6. The fraction of sp³-hybridized carbons (Fsp3) is 0.432. The van der Waals surface area contributed by atoms with E-state index in [-0.39, 0.29) is 24.7 Å². The maximum Gasteiger partial charge on any atom is 0.229 e. The molecule has 15 heteroatoms. The summed E-state index contributed by atoms with van der Waals surface area (Å²) in [7, 11) is -0.773. The highest BCUT2D eigenvalue weighted by atomic mass is 79.9. The van der Waals surface area contributed by atoms with E-state index >= 15 is 0 Å². The summed E-state index contributed by atoms with van der Waals surface area (Å²) in [6, 6.07) is 12.9. The quantitative estimate of drug-likeness (QED) is 0.141. The first-order valence-electron chi connectivity index (χ1n) is 17.7. The molecule has 1 atom stereocenters. The van der Waals surface area contributed by atoms with Crippen molar-refractivity contribution in [1.29, 1.82) is 0 Å². The van der Waals surface area contributed by atoms with Crippen molar-refractivity contribution in [1.82, 2.24) is 30.0 Å². The Kier molecular flexibility index (Phi) is 11.9. The Labute approximate surface area is 321 Å². The molecule has 1 unspecified atom stereocenters. The first kappa shape index (κ1) is 38.1. The van der Waals surface area contributed by atoms with Crippen LogP contribution in [0.2, 0.25) is 0 Å². The molecule has 2 aromatic heterocycles. The molecule has 0 saturated carbocycles. The number of benzene rings is 2. The van der Waals surface area contributed by atoms with Crippen LogP contribution in [0.5, 0.6) is 5.75 Å². The van der Waals surface area contributed by atoms with Gasteiger partial charge in [-0.05, 0) is 66.4 Å². The molecule has 7 rings (SSSR count). The summed E-state index contributed by atoms with van der Waals surface area (Å²) in [4.78, 5) is 14.7. The Hall–Kier alpha value is -3.61. The van der Waals surface area contributed by atoms with Crippen LogP contribution >= 0.6 is 35.6 Å². The zero-order chi connectivity index (χ0) is 35.7. The minimum absolute atomic E-state index is 0. The third kappa shape index (κ3) is 8.44. The Balaban J connectivity index is 0.00000464. The van der Waals surface area contributed by atoms with Crippen molar-refractivity contribution < 1.29 is 9.30 Å². The van der Waals surface area contributed by atoms with Crippen LogP contribution in [0.15, 0.2) is 65.5 Å². The van der Waals surface area contributed by atoms with Gasteiger partial charge in [0.1, 0.15) is 17.7 Å². The van der Waals surface area contributed by atoms with Gasteiger partial charge in [0.15, 0.2) is 7.29 Å². The van der Waals surface area contributed by atoms with E-state index in [0.717, 1.165) is 91.6 Å². The van der Waals surface area contributed by atoms with E-state index < -0.39 is 7.29 Å². The lowest BCUT2D eigenvalue weighted by Gasteiger charge is -2.41. The SMILES string of the molecule is CC(C)Oc1cc(N2CCC(N3CCNCC3)CC2)c(-c2cnn(C)c2)cc1Nc1ncc(Br)c(NC2C=Cc3ccccc3N2P(C)(C)=O)n1.Cl. The number of hydrogen-bond donors (Lipinski definition) is 3. The van der Waals surface area contributed by atoms with Gasteiger partial charge in [0.05, 0.1) is 28.1 Å². The molecule has 5 heterocycles. The third-order valence-corrected chi connectivity index (χ3v) is 11.7. The largest absolute Gasteiger partial charge is 0.489 e. The summed E-state index contributed by atoms with van der Waals surface area (Å²) < 4.78 is 24.5. The van der Waals surface area contributed by atoms with E-state index in [4.69, 9.17) is 9.72 Å². The Morgan fingerprint density at radius 2 is 1.79 bits per heavy atom. The van der Waals surface area contributed by atoms with E-state index in [1.54, 1.807) is 19.5 Å². The molecular formula is C37H49BrClN10O2P. The number of piperazine rings is 1. The van der Waals surface area contributed by atoms with E-state index in [9.17, 15) is 4.57 Å². The number of aromatic nitrogens is 4. The van der Waals surface area contributed by atoms with Gasteiger partial charge in [-0.15, -0.1) is 12.4 Å². The molecule has 3 N–H and O–H groups in total. The molecule has 2 aromatic carbocycles. The fourth-order valence-electron chi connectivity index (χ4n) is 7.31. The molecule has 2 fully saturated rings. The van der Waals surface area contributed by atoms with Gasteiger partial charge < -0.3 is 30.2 Å². The van der Waals surface area contributed by atoms with Gasteiger partial charge in [-0.2, -0.15) is 10.1 Å². The Morgan fingerprint density at radius 1 is 1.04 bits per heavy atom. The number of anilines is 5. The molecule has 52 heavy (non-hydrogen) atoms. The van der Waals surface area contributed by atoms with Crippen molar-refractivity contribution in [2.75, 3.05) is 72.8 Å². The topological polar surface area (TPSA) is 116 Å². The standard InChI is InChI=1S/C37H48BrN10O2P.ClH/c1-25(2)50-34-21-33(47-16-12-28(13-17-47)46-18-14-39-15-19-46)29(27-22-41-45(3)24-27)20-31(34)42-37-40-23-30(38)36(44-37)43-35-11-10-26-8-6-7-9-32(26)48(35)51(4,5)49;/h6-11,20-25,28,35,39H,12-19H2,1-5H3,(H2,40,42,43,44);1H. The van der Waals surface area contributed by atoms with Crippen LogP contribution in [-0.2, 0) is 11.6 Å². The highest BCUT2D eigenvalue weighted by Gasteiger charge is 2.32. The van der Waals surface area contributed by atoms with E-state index in [0.29, 0.717) is 22.3 Å². The lowest BCUT2D eigenvalue weighted by atomic mass is 9.98. The van der Waals surface area contributed by atoms with Crippen LogP contribution < -0.4 is 30.3 Å². The number of halogens is 2. The molecule has 3 aliphatic heterocycles. The first-order valence-corrected chi connectivity index (χ1v) is 21.1. The zero-order valence-corrected chi connectivity index (χ0v) is 33.7. The second-order valence-electron chi connectivity index (χ2n) is 14.1. The van der Waals surface area contributed by atoms with E-state index in [1.165, 1.54) is 0 Å². The molecular weight excluding hydrogens is 763 g/mol. The summed E-state index contributed by atoms with van der Waals surface area (Å²) in [5, 5.41) is 15.0. The van der Waals surface area contributed by atoms with E-state index in [2.05, 4.69) is 76.2 Å². The van der Waals surface area contributed by atoms with Crippen LogP contribution in [0.25, 0.3) is 17.2 Å². The predicted molar refractivity (Wildman–Crippen MR) is 219 cm³/mol. The molecule has 12 nitrogen and oxygen atoms in total. The van der Waals surface area contributed by atoms with Crippen LogP contribution in [-0.4, -0.2) is 95.6 Å². The van der Waals surface area contributed by atoms with Gasteiger partial charge in [0, 0.05) is 101 Å². The number of piperidine rings is 1. The van der Waals surface area contributed by atoms with Crippen molar-refractivity contribution >= 4 is 70.5 Å². The smallest absolute Gasteiger partial charge is 0.229 e. The third-order valence-electron chi connectivity index (χ3n) is 9.65. The van der Waals surface area contributed by atoms with Gasteiger partial charge in [0.2, 0.25) is 5.95 Å². The molecule has 0 spiro atoms. The summed E-state index contributed by atoms with van der Waals surface area (Å²) in [6.45, 7) is 14.0. The predicted octanol–water partition coefficient (Wildman–Crippen LogP) is 7.28. The lowest BCUT2D eigenvalue weighted by molar-refractivity contribution is 0.150. The van der Waals surface area contributed by atoms with Crippen molar-refractivity contribution in [2.24, 2.45) is 7.05 Å². The average molecular weight is 812 g/mol. The summed E-state index contributed by atoms with van der Waals surface area (Å²) in [5.74, 6) is 1.70. The van der Waals surface area contributed by atoms with Gasteiger partial charge >= 0.3 is 0 Å². The molecule has 0 amide bonds. The molecule has 278 valence electrons. The highest BCUT2D eigenvalue weighted by Crippen LogP contribution is 2.50. The number of hydrogen-bond acceptors (Lipinski definition) is 10. The van der Waals surface area contributed by atoms with Crippen molar-refractivity contribution in [3.8, 4) is 16.9 Å². The summed E-state index contributed by atoms with van der Waals surface area (Å²) in [5.41, 5.74) is 5.94. The van der Waals surface area contributed by atoms with Gasteiger partial charge in [-0.3, -0.25) is 14.3 Å². The number of aryl methyl sites for hydroxylation is 1. The molecule has 0 radical (unpaired) electrons. The molecule has 0 aliphatic carbocycles. The molecule has 4 aromatic rings. The van der Waals surface area contributed by atoms with Gasteiger partial charge in [-0.25, -0.2) is 4.98 Å². The second kappa shape index (κ2) is 16.2. The van der Waals surface area contributed by atoms with Crippen molar-refractivity contribution in [3.63, 3.8) is 0 Å². The lowest BCUT2D eigenvalue weighted by Crippen LogP contribution is -2.52. The Bertz CT molecular complexity index is 1940. The van der Waals surface area contributed by atoms with Crippen LogP contribution in [0.3, 0.4) is 0 Å². The van der Waals surface area contributed by atoms with Gasteiger partial charge in [-0.1, -0.05) is 24.3 Å². The number of nitrogens with zero attached hydrogens (tertiary/aromatic N) is 7. The minimum Gasteiger partial charge on any atom is -0.489 e. The molecule has 0 bridgehead atoms. The highest BCUT2D eigenvalue weighted by molar-refractivity contribution is 9.10. The summed E-state index contributed by atoms with van der Waals surface area (Å²) >= 11 is 3.65. The number of fused-ring (bicyclic) bond motifs is 1. The van der Waals surface area contributed by atoms with Crippen molar-refractivity contribution in [2.45, 2.75) is 45.0 Å². The maximum atomic E-state index is 13.6. The normalized spacial score (nSPS) is 18.2. The van der Waals surface area contributed by atoms with Crippen LogP contribution in [0, 0.1) is 0 Å². The second-order valence-corrected chi connectivity index (χ2v) is 18.0. The monoisotopic (exact) mass is 810 g/mol. The summed E-state index contributed by atoms with van der Waals surface area (Å²) in [6.07, 6.45) is 11.6. The fourth-order valence-corrected chi connectivity index (χ4v) is 9.05. The number of ether oxygens (including phenoxy) is 1. The van der Waals surface area contributed by atoms with Crippen LogP contribution in [0.1, 0.15) is 32.3 Å². The van der Waals surface area contributed by atoms with Gasteiger partial charge in [0.25, 0.3) is 0 Å². The average Bonchev–Trinajstić information content (AvgIpc) is 3.55. The minimum atomic E-state index is -2.72. The molecule has 3 aliphatic rings. The van der Waals surface area contributed by atoms with E-state index in [1.807, 2.05) is 66.8 Å². The first-order chi connectivity index (χ1) is 24.5. The zero-order valence-electron chi connectivity index (χ0n) is 30.4. The number of rotatable bonds is 10. The Morgan fingerprint density at radius 3 is 2.48 bits per heavy atom. The molecule has 2 saturated heterocycles. The number of nitrogens with one attached hydrogen (secondary N) is 3.